The molecule has 0 aliphatic carbocycles. The fourth-order valence-electron chi connectivity index (χ4n) is 0.909. The SMILES string of the molecule is CC(=C=C(C)C(=O)O)/C=C\C(C)C(C)C. The molecule has 0 aromatic heterocycles. The Morgan fingerprint density at radius 3 is 2.20 bits per heavy atom. The number of allylic oxidation sites excluding steroid dienone is 2. The van der Waals surface area contributed by atoms with Crippen molar-refractivity contribution in [3.63, 3.8) is 0 Å². The second kappa shape index (κ2) is 6.26. The highest BCUT2D eigenvalue weighted by molar-refractivity contribution is 5.85. The Balaban J connectivity index is 4.69. The van der Waals surface area contributed by atoms with Gasteiger partial charge in [0.1, 0.15) is 0 Å². The quantitative estimate of drug-likeness (QED) is 0.436. The molecule has 0 amide bonds. The van der Waals surface area contributed by atoms with Gasteiger partial charge in [-0.1, -0.05) is 32.9 Å². The average Bonchev–Trinajstić information content (AvgIpc) is 2.13. The van der Waals surface area contributed by atoms with Crippen LogP contribution in [0, 0.1) is 11.8 Å². The smallest absolute Gasteiger partial charge is 0.339 e. The van der Waals surface area contributed by atoms with Gasteiger partial charge in [-0.15, -0.1) is 5.73 Å². The van der Waals surface area contributed by atoms with Crippen molar-refractivity contribution in [2.24, 2.45) is 11.8 Å². The van der Waals surface area contributed by atoms with Crippen molar-refractivity contribution in [3.8, 4) is 0 Å². The molecule has 0 aliphatic heterocycles. The van der Waals surface area contributed by atoms with E-state index >= 15 is 0 Å². The van der Waals surface area contributed by atoms with E-state index < -0.39 is 5.97 Å². The standard InChI is InChI=1S/C13H20O2/c1-9(2)11(4)7-6-10(3)8-12(5)13(14)15/h6-7,9,11H,1-5H3,(H,14,15)/b7-6-. The number of hydrogen-bond acceptors (Lipinski definition) is 1. The first-order chi connectivity index (χ1) is 6.84. The van der Waals surface area contributed by atoms with E-state index in [9.17, 15) is 4.79 Å². The number of aliphatic carboxylic acids is 1. The van der Waals surface area contributed by atoms with Crippen LogP contribution in [0.25, 0.3) is 0 Å². The summed E-state index contributed by atoms with van der Waals surface area (Å²) in [6.45, 7) is 9.86. The zero-order valence-corrected chi connectivity index (χ0v) is 10.2. The lowest BCUT2D eigenvalue weighted by Gasteiger charge is -2.09. The summed E-state index contributed by atoms with van der Waals surface area (Å²) >= 11 is 0. The molecule has 0 aromatic carbocycles. The number of rotatable bonds is 4. The highest BCUT2D eigenvalue weighted by Crippen LogP contribution is 2.11. The molecule has 0 aromatic rings. The lowest BCUT2D eigenvalue weighted by Crippen LogP contribution is -1.99. The third-order valence-corrected chi connectivity index (χ3v) is 2.41. The van der Waals surface area contributed by atoms with Crippen LogP contribution in [0.1, 0.15) is 34.6 Å². The summed E-state index contributed by atoms with van der Waals surface area (Å²) in [6, 6.07) is 0. The van der Waals surface area contributed by atoms with E-state index in [1.165, 1.54) is 0 Å². The van der Waals surface area contributed by atoms with Crippen LogP contribution in [0.15, 0.2) is 29.0 Å². The van der Waals surface area contributed by atoms with Gasteiger partial charge in [0.2, 0.25) is 0 Å². The first-order valence-electron chi connectivity index (χ1n) is 5.20. The van der Waals surface area contributed by atoms with Gasteiger partial charge in [0, 0.05) is 0 Å². The minimum Gasteiger partial charge on any atom is -0.477 e. The Labute approximate surface area is 92.0 Å². The second-order valence-electron chi connectivity index (χ2n) is 4.20. The van der Waals surface area contributed by atoms with Gasteiger partial charge >= 0.3 is 5.97 Å². The summed E-state index contributed by atoms with van der Waals surface area (Å²) < 4.78 is 0. The zero-order chi connectivity index (χ0) is 12.0. The molecule has 0 spiro atoms. The van der Waals surface area contributed by atoms with Crippen molar-refractivity contribution in [3.05, 3.63) is 29.0 Å². The van der Waals surface area contributed by atoms with Crippen molar-refractivity contribution < 1.29 is 9.90 Å². The predicted molar refractivity (Wildman–Crippen MR) is 62.7 cm³/mol. The fourth-order valence-corrected chi connectivity index (χ4v) is 0.909. The van der Waals surface area contributed by atoms with E-state index in [4.69, 9.17) is 5.11 Å². The lowest BCUT2D eigenvalue weighted by molar-refractivity contribution is -0.132. The van der Waals surface area contributed by atoms with Crippen LogP contribution in [0.2, 0.25) is 0 Å². The molecular weight excluding hydrogens is 188 g/mol. The van der Waals surface area contributed by atoms with Crippen LogP contribution in [0.5, 0.6) is 0 Å². The molecular formula is C13H20O2. The Bertz CT molecular complexity index is 315. The molecule has 0 radical (unpaired) electrons. The van der Waals surface area contributed by atoms with Gasteiger partial charge in [-0.2, -0.15) is 0 Å². The Morgan fingerprint density at radius 2 is 1.80 bits per heavy atom. The average molecular weight is 208 g/mol. The number of carboxylic acids is 1. The van der Waals surface area contributed by atoms with E-state index in [1.54, 1.807) is 6.92 Å². The molecule has 2 nitrogen and oxygen atoms in total. The predicted octanol–water partition coefficient (Wildman–Crippen LogP) is 3.41. The Hall–Kier alpha value is -1.27. The Morgan fingerprint density at radius 1 is 1.27 bits per heavy atom. The molecule has 0 bridgehead atoms. The fraction of sp³-hybridized carbons (Fsp3) is 0.538. The molecule has 0 saturated carbocycles. The zero-order valence-electron chi connectivity index (χ0n) is 10.2. The molecule has 0 rings (SSSR count). The van der Waals surface area contributed by atoms with Crippen LogP contribution in [-0.2, 0) is 4.79 Å². The van der Waals surface area contributed by atoms with Crippen molar-refractivity contribution in [1.29, 1.82) is 0 Å². The molecule has 0 saturated heterocycles. The van der Waals surface area contributed by atoms with E-state index in [1.807, 2.05) is 13.0 Å². The molecule has 15 heavy (non-hydrogen) atoms. The van der Waals surface area contributed by atoms with Crippen LogP contribution in [0.3, 0.4) is 0 Å². The van der Waals surface area contributed by atoms with Crippen molar-refractivity contribution >= 4 is 5.97 Å². The first kappa shape index (κ1) is 13.7. The van der Waals surface area contributed by atoms with Crippen molar-refractivity contribution in [2.45, 2.75) is 34.6 Å². The maximum absolute atomic E-state index is 10.5. The summed E-state index contributed by atoms with van der Waals surface area (Å²) in [7, 11) is 0. The van der Waals surface area contributed by atoms with E-state index in [0.29, 0.717) is 11.8 Å². The minimum atomic E-state index is -0.917. The largest absolute Gasteiger partial charge is 0.477 e. The highest BCUT2D eigenvalue weighted by atomic mass is 16.4. The van der Waals surface area contributed by atoms with E-state index in [0.717, 1.165) is 5.57 Å². The van der Waals surface area contributed by atoms with Gasteiger partial charge in [-0.05, 0) is 31.3 Å². The van der Waals surface area contributed by atoms with Gasteiger partial charge in [-0.3, -0.25) is 0 Å². The third kappa shape index (κ3) is 5.92. The first-order valence-corrected chi connectivity index (χ1v) is 5.20. The molecule has 0 fully saturated rings. The van der Waals surface area contributed by atoms with Crippen LogP contribution in [0.4, 0.5) is 0 Å². The summed E-state index contributed by atoms with van der Waals surface area (Å²) in [4.78, 5) is 10.5. The van der Waals surface area contributed by atoms with Gasteiger partial charge < -0.3 is 5.11 Å². The summed E-state index contributed by atoms with van der Waals surface area (Å²) in [5.41, 5.74) is 3.91. The van der Waals surface area contributed by atoms with E-state index in [-0.39, 0.29) is 5.57 Å². The van der Waals surface area contributed by atoms with E-state index in [2.05, 4.69) is 32.6 Å². The van der Waals surface area contributed by atoms with Gasteiger partial charge in [-0.25, -0.2) is 4.79 Å². The molecule has 2 heteroatoms. The maximum atomic E-state index is 10.5. The lowest BCUT2D eigenvalue weighted by atomic mass is 9.97. The molecule has 1 N–H and O–H groups in total. The number of carbonyl (C=O) groups is 1. The molecule has 0 aliphatic rings. The summed E-state index contributed by atoms with van der Waals surface area (Å²) in [5.74, 6) is 0.171. The van der Waals surface area contributed by atoms with Gasteiger partial charge in [0.05, 0.1) is 5.57 Å². The maximum Gasteiger partial charge on any atom is 0.339 e. The van der Waals surface area contributed by atoms with Gasteiger partial charge in [0.25, 0.3) is 0 Å². The second-order valence-corrected chi connectivity index (χ2v) is 4.20. The highest BCUT2D eigenvalue weighted by Gasteiger charge is 2.01. The normalized spacial score (nSPS) is 12.7. The Kier molecular flexibility index (Phi) is 5.73. The van der Waals surface area contributed by atoms with Crippen LogP contribution >= 0.6 is 0 Å². The van der Waals surface area contributed by atoms with Crippen molar-refractivity contribution in [1.82, 2.24) is 0 Å². The molecule has 0 heterocycles. The molecule has 1 unspecified atom stereocenters. The van der Waals surface area contributed by atoms with Crippen LogP contribution in [-0.4, -0.2) is 11.1 Å². The molecule has 84 valence electrons. The monoisotopic (exact) mass is 208 g/mol. The summed E-state index contributed by atoms with van der Waals surface area (Å²) in [5, 5.41) is 8.66. The van der Waals surface area contributed by atoms with Gasteiger partial charge in [0.15, 0.2) is 0 Å². The summed E-state index contributed by atoms with van der Waals surface area (Å²) in [6.07, 6.45) is 4.01. The van der Waals surface area contributed by atoms with Crippen LogP contribution < -0.4 is 0 Å². The topological polar surface area (TPSA) is 37.3 Å². The third-order valence-electron chi connectivity index (χ3n) is 2.41. The number of carboxylic acid groups (broad SMARTS) is 1. The molecule has 1 atom stereocenters. The number of hydrogen-bond donors (Lipinski definition) is 1. The minimum absolute atomic E-state index is 0.245. The van der Waals surface area contributed by atoms with Crippen molar-refractivity contribution in [2.75, 3.05) is 0 Å².